The number of rotatable bonds is 10. The lowest BCUT2D eigenvalue weighted by atomic mass is 9.83. The molecule has 2 unspecified atom stereocenters. The average molecular weight is 338 g/mol. The molecular formula is C16H27BN2O5. The van der Waals surface area contributed by atoms with E-state index in [1.165, 1.54) is 0 Å². The van der Waals surface area contributed by atoms with Crippen LogP contribution < -0.4 is 11.1 Å². The highest BCUT2D eigenvalue weighted by atomic mass is 16.4. The molecule has 0 spiro atoms. The van der Waals surface area contributed by atoms with Gasteiger partial charge in [0.15, 0.2) is 0 Å². The third-order valence-corrected chi connectivity index (χ3v) is 3.53. The summed E-state index contributed by atoms with van der Waals surface area (Å²) in [6.45, 7) is 2.38. The van der Waals surface area contributed by atoms with E-state index in [1.807, 2.05) is 30.3 Å². The van der Waals surface area contributed by atoms with Crippen molar-refractivity contribution in [1.29, 1.82) is 0 Å². The fourth-order valence-corrected chi connectivity index (χ4v) is 2.34. The van der Waals surface area contributed by atoms with Gasteiger partial charge in [0, 0.05) is 12.6 Å². The lowest BCUT2D eigenvalue weighted by molar-refractivity contribution is -0.191. The Kier molecular flexibility index (Phi) is 13.0. The predicted octanol–water partition coefficient (Wildman–Crippen LogP) is 0.0850. The summed E-state index contributed by atoms with van der Waals surface area (Å²) in [5.74, 6) is 0. The van der Waals surface area contributed by atoms with Crippen LogP contribution in [0.4, 0.5) is 0 Å². The number of aliphatic hydroxyl groups excluding tert-OH is 1. The lowest BCUT2D eigenvalue weighted by Gasteiger charge is -2.24. The van der Waals surface area contributed by atoms with E-state index in [-0.39, 0.29) is 18.2 Å². The Morgan fingerprint density at radius 2 is 1.79 bits per heavy atom. The van der Waals surface area contributed by atoms with E-state index < -0.39 is 13.2 Å². The van der Waals surface area contributed by atoms with Crippen molar-refractivity contribution in [2.75, 3.05) is 6.54 Å². The minimum Gasteiger partial charge on any atom is -0.427 e. The van der Waals surface area contributed by atoms with Crippen molar-refractivity contribution in [3.05, 3.63) is 35.9 Å². The van der Waals surface area contributed by atoms with E-state index in [0.29, 0.717) is 12.9 Å². The molecule has 0 amide bonds. The van der Waals surface area contributed by atoms with Crippen LogP contribution in [0.5, 0.6) is 0 Å². The summed E-state index contributed by atoms with van der Waals surface area (Å²) in [4.78, 5) is 16.2. The largest absolute Gasteiger partial charge is 0.451 e. The Hall–Kier alpha value is -1.54. The first kappa shape index (κ1) is 22.5. The first-order valence-electron chi connectivity index (χ1n) is 7.99. The number of nitrogens with two attached hydrogens (primary N) is 1. The Bertz CT molecular complexity index is 453. The van der Waals surface area contributed by atoms with Gasteiger partial charge < -0.3 is 26.2 Å². The van der Waals surface area contributed by atoms with Crippen LogP contribution in [0, 0.1) is 0 Å². The molecule has 134 valence electrons. The summed E-state index contributed by atoms with van der Waals surface area (Å²) in [6.07, 6.45) is 2.58. The van der Waals surface area contributed by atoms with Crippen LogP contribution in [0.1, 0.15) is 37.8 Å². The molecule has 3 atom stereocenters. The maximum atomic E-state index is 9.89. The zero-order chi connectivity index (χ0) is 18.4. The monoisotopic (exact) mass is 338 g/mol. The molecule has 0 aromatic heterocycles. The van der Waals surface area contributed by atoms with E-state index in [9.17, 15) is 5.11 Å². The molecule has 7 nitrogen and oxygen atoms in total. The molecule has 0 aliphatic heterocycles. The summed E-state index contributed by atoms with van der Waals surface area (Å²) < 4.78 is 0. The maximum Gasteiger partial charge on any atom is 0.451 e. The van der Waals surface area contributed by atoms with Gasteiger partial charge in [0.1, 0.15) is 0 Å². The number of hydrogen-bond acceptors (Lipinski definition) is 7. The zero-order valence-electron chi connectivity index (χ0n) is 14.0. The number of nitrogens with one attached hydrogen (secondary N) is 1. The topological polar surface area (TPSA) is 133 Å². The van der Waals surface area contributed by atoms with Crippen LogP contribution in [0.2, 0.25) is 6.32 Å². The summed E-state index contributed by atoms with van der Waals surface area (Å²) in [6, 6.07) is 9.68. The fourth-order valence-electron chi connectivity index (χ4n) is 2.34. The minimum absolute atomic E-state index is 0.00852. The van der Waals surface area contributed by atoms with Gasteiger partial charge in [-0.15, -0.1) is 0 Å². The number of unbranched alkanes of at least 4 members (excludes halogenated alkanes) is 1. The third-order valence-electron chi connectivity index (χ3n) is 3.53. The van der Waals surface area contributed by atoms with Crippen molar-refractivity contribution in [2.24, 2.45) is 5.73 Å². The SMILES string of the molecule is C[C@@H](O)C(NCC(N)CCCCB(O)O)c1ccccc1.O=C=O. The predicted molar refractivity (Wildman–Crippen MR) is 90.7 cm³/mol. The zero-order valence-corrected chi connectivity index (χ0v) is 14.0. The van der Waals surface area contributed by atoms with Crippen LogP contribution in [-0.2, 0) is 9.59 Å². The van der Waals surface area contributed by atoms with Crippen LogP contribution in [0.15, 0.2) is 30.3 Å². The van der Waals surface area contributed by atoms with Crippen molar-refractivity contribution in [2.45, 2.75) is 50.7 Å². The smallest absolute Gasteiger partial charge is 0.427 e. The molecule has 8 heteroatoms. The van der Waals surface area contributed by atoms with E-state index in [0.717, 1.165) is 24.8 Å². The van der Waals surface area contributed by atoms with Crippen molar-refractivity contribution in [1.82, 2.24) is 5.32 Å². The van der Waals surface area contributed by atoms with Crippen LogP contribution in [0.3, 0.4) is 0 Å². The van der Waals surface area contributed by atoms with Gasteiger partial charge in [-0.2, -0.15) is 9.59 Å². The third kappa shape index (κ3) is 11.1. The van der Waals surface area contributed by atoms with E-state index in [1.54, 1.807) is 6.92 Å². The molecule has 1 aromatic rings. The van der Waals surface area contributed by atoms with Gasteiger partial charge in [0.05, 0.1) is 12.1 Å². The molecule has 0 saturated carbocycles. The maximum absolute atomic E-state index is 9.89. The highest BCUT2D eigenvalue weighted by molar-refractivity contribution is 6.40. The number of carbonyl (C=O) groups excluding carboxylic acids is 2. The second-order valence-corrected chi connectivity index (χ2v) is 5.65. The highest BCUT2D eigenvalue weighted by Gasteiger charge is 2.17. The van der Waals surface area contributed by atoms with Gasteiger partial charge in [-0.3, -0.25) is 0 Å². The normalized spacial score (nSPS) is 13.9. The summed E-state index contributed by atoms with van der Waals surface area (Å²) in [7, 11) is -1.22. The van der Waals surface area contributed by atoms with Gasteiger partial charge in [0.2, 0.25) is 0 Å². The molecule has 6 N–H and O–H groups in total. The van der Waals surface area contributed by atoms with Crippen molar-refractivity contribution in [3.8, 4) is 0 Å². The molecule has 0 fully saturated rings. The van der Waals surface area contributed by atoms with Crippen molar-refractivity contribution >= 4 is 13.3 Å². The standard InChI is InChI=1S/C15H27BN2O3.CO2/c1-12(19)15(13-7-3-2-4-8-13)18-11-14(17)9-5-6-10-16(20)21;2-1-3/h2-4,7-8,12,14-15,18-21H,5-6,9-11,17H2,1H3;/t12-,14?,15?;/m1./s1. The second-order valence-electron chi connectivity index (χ2n) is 5.65. The van der Waals surface area contributed by atoms with Crippen LogP contribution in [0.25, 0.3) is 0 Å². The Morgan fingerprint density at radius 3 is 2.29 bits per heavy atom. The molecule has 0 saturated heterocycles. The van der Waals surface area contributed by atoms with Crippen LogP contribution >= 0.6 is 0 Å². The number of hydrogen-bond donors (Lipinski definition) is 5. The van der Waals surface area contributed by atoms with Gasteiger partial charge >= 0.3 is 13.3 Å². The number of aliphatic hydroxyl groups is 1. The second kappa shape index (κ2) is 13.9. The molecule has 0 heterocycles. The fraction of sp³-hybridized carbons (Fsp3) is 0.562. The Balaban J connectivity index is 0.00000163. The summed E-state index contributed by atoms with van der Waals surface area (Å²) in [5, 5.41) is 30.7. The van der Waals surface area contributed by atoms with Gasteiger partial charge in [0.25, 0.3) is 0 Å². The van der Waals surface area contributed by atoms with Crippen LogP contribution in [-0.4, -0.2) is 47.1 Å². The first-order chi connectivity index (χ1) is 11.4. The molecule has 0 aliphatic carbocycles. The minimum atomic E-state index is -1.22. The highest BCUT2D eigenvalue weighted by Crippen LogP contribution is 2.16. The van der Waals surface area contributed by atoms with Crippen molar-refractivity contribution in [3.63, 3.8) is 0 Å². The summed E-state index contributed by atoms with van der Waals surface area (Å²) >= 11 is 0. The van der Waals surface area contributed by atoms with Gasteiger partial charge in [-0.1, -0.05) is 43.2 Å². The molecule has 0 aliphatic rings. The number of benzene rings is 1. The van der Waals surface area contributed by atoms with E-state index in [2.05, 4.69) is 5.32 Å². The molecule has 1 rings (SSSR count). The Labute approximate surface area is 143 Å². The van der Waals surface area contributed by atoms with E-state index in [4.69, 9.17) is 25.4 Å². The molecule has 0 radical (unpaired) electrons. The lowest BCUT2D eigenvalue weighted by Crippen LogP contribution is -2.39. The van der Waals surface area contributed by atoms with Gasteiger partial charge in [-0.05, 0) is 25.2 Å². The molecule has 24 heavy (non-hydrogen) atoms. The molecule has 0 bridgehead atoms. The summed E-state index contributed by atoms with van der Waals surface area (Å²) in [5.41, 5.74) is 7.09. The van der Waals surface area contributed by atoms with E-state index >= 15 is 0 Å². The molecular weight excluding hydrogens is 311 g/mol. The molecule has 1 aromatic carbocycles. The van der Waals surface area contributed by atoms with Gasteiger partial charge in [-0.25, -0.2) is 0 Å². The first-order valence-corrected chi connectivity index (χ1v) is 7.99. The Morgan fingerprint density at radius 1 is 1.21 bits per heavy atom. The van der Waals surface area contributed by atoms with Crippen molar-refractivity contribution < 1.29 is 24.7 Å². The average Bonchev–Trinajstić information content (AvgIpc) is 2.53. The quantitative estimate of drug-likeness (QED) is 0.301.